The fourth-order valence-electron chi connectivity index (χ4n) is 3.99. The van der Waals surface area contributed by atoms with Gasteiger partial charge in [-0.1, -0.05) is 43.6 Å². The Morgan fingerprint density at radius 3 is 2.42 bits per heavy atom. The average Bonchev–Trinajstić information content (AvgIpc) is 2.75. The van der Waals surface area contributed by atoms with Gasteiger partial charge >= 0.3 is 5.69 Å². The van der Waals surface area contributed by atoms with Crippen molar-refractivity contribution in [3.63, 3.8) is 0 Å². The van der Waals surface area contributed by atoms with Crippen molar-refractivity contribution < 1.29 is 4.74 Å². The first-order chi connectivity index (χ1) is 15.7. The minimum absolute atomic E-state index is 0.0127. The molecule has 0 amide bonds. The minimum Gasteiger partial charge on any atom is -0.373 e. The standard InChI is InChI=1S/C25H27ClN4O3/c1-14(2)17-7-10-21-20(12-17)27-22-23(28-25(32)29-24(22)31)30(21)13-19(33-15(3)4)11-16-5-8-18(26)9-6-16/h5-10,12,14-15,19H,11,13H2,1-4H3,(H,29,31,32). The van der Waals surface area contributed by atoms with Crippen LogP contribution in [0.15, 0.2) is 52.1 Å². The summed E-state index contributed by atoms with van der Waals surface area (Å²) in [6.45, 7) is 8.57. The van der Waals surface area contributed by atoms with Crippen molar-refractivity contribution in [3.8, 4) is 11.5 Å². The summed E-state index contributed by atoms with van der Waals surface area (Å²) in [6.07, 6.45) is 0.387. The number of hydrogen-bond acceptors (Lipinski definition) is 5. The molecule has 1 atom stereocenters. The molecular formula is C25H27ClN4O3. The van der Waals surface area contributed by atoms with Gasteiger partial charge in [0, 0.05) is 11.4 Å². The van der Waals surface area contributed by atoms with Gasteiger partial charge < -0.3 is 9.30 Å². The van der Waals surface area contributed by atoms with Gasteiger partial charge in [-0.25, -0.2) is 9.78 Å². The van der Waals surface area contributed by atoms with E-state index in [9.17, 15) is 9.59 Å². The number of ether oxygens (including phenoxy) is 1. The highest BCUT2D eigenvalue weighted by Crippen LogP contribution is 2.26. The highest BCUT2D eigenvalue weighted by molar-refractivity contribution is 6.30. The molecule has 33 heavy (non-hydrogen) atoms. The second-order valence-electron chi connectivity index (χ2n) is 8.81. The molecule has 172 valence electrons. The van der Waals surface area contributed by atoms with Crippen molar-refractivity contribution in [2.24, 2.45) is 0 Å². The van der Waals surface area contributed by atoms with Crippen molar-refractivity contribution in [1.29, 1.82) is 0 Å². The number of halogens is 1. The molecule has 0 saturated heterocycles. The van der Waals surface area contributed by atoms with Crippen LogP contribution in [0.2, 0.25) is 5.02 Å². The molecule has 2 heterocycles. The summed E-state index contributed by atoms with van der Waals surface area (Å²) >= 11 is 6.04. The van der Waals surface area contributed by atoms with Crippen LogP contribution < -0.4 is 11.2 Å². The van der Waals surface area contributed by atoms with Gasteiger partial charge in [0.25, 0.3) is 5.56 Å². The molecule has 0 aromatic heterocycles. The number of H-pyrrole nitrogens is 1. The second kappa shape index (κ2) is 9.45. The van der Waals surface area contributed by atoms with Gasteiger partial charge in [-0.2, -0.15) is 4.98 Å². The van der Waals surface area contributed by atoms with Gasteiger partial charge in [0.2, 0.25) is 0 Å². The van der Waals surface area contributed by atoms with Crippen LogP contribution >= 0.6 is 11.6 Å². The van der Waals surface area contributed by atoms with Crippen molar-refractivity contribution in [3.05, 3.63) is 79.5 Å². The maximum absolute atomic E-state index is 12.6. The Labute approximate surface area is 196 Å². The summed E-state index contributed by atoms with van der Waals surface area (Å²) in [7, 11) is 0. The smallest absolute Gasteiger partial charge is 0.349 e. The normalized spacial score (nSPS) is 12.8. The van der Waals surface area contributed by atoms with Crippen molar-refractivity contribution in [2.75, 3.05) is 0 Å². The molecule has 2 aliphatic rings. The summed E-state index contributed by atoms with van der Waals surface area (Å²) in [5, 5.41) is 0.674. The molecule has 0 bridgehead atoms. The Bertz CT molecular complexity index is 1360. The van der Waals surface area contributed by atoms with E-state index in [1.54, 1.807) is 0 Å². The molecule has 0 saturated carbocycles. The Morgan fingerprint density at radius 1 is 1.03 bits per heavy atom. The maximum atomic E-state index is 12.6. The quantitative estimate of drug-likeness (QED) is 0.408. The Morgan fingerprint density at radius 2 is 1.76 bits per heavy atom. The Kier molecular flexibility index (Phi) is 6.63. The molecule has 2 aromatic rings. The monoisotopic (exact) mass is 466 g/mol. The van der Waals surface area contributed by atoms with Gasteiger partial charge in [-0.05, 0) is 55.2 Å². The van der Waals surface area contributed by atoms with Crippen LogP contribution in [0.4, 0.5) is 0 Å². The molecule has 0 spiro atoms. The van der Waals surface area contributed by atoms with Gasteiger partial charge in [0.05, 0.1) is 29.8 Å². The summed E-state index contributed by atoms with van der Waals surface area (Å²) in [5.74, 6) is 0.560. The van der Waals surface area contributed by atoms with E-state index in [4.69, 9.17) is 16.3 Å². The molecule has 1 unspecified atom stereocenters. The first-order valence-corrected chi connectivity index (χ1v) is 11.4. The van der Waals surface area contributed by atoms with E-state index in [0.29, 0.717) is 29.4 Å². The number of rotatable bonds is 7. The second-order valence-corrected chi connectivity index (χ2v) is 9.24. The molecule has 2 aromatic carbocycles. The summed E-state index contributed by atoms with van der Waals surface area (Å²) in [5.41, 5.74) is 2.55. The number of hydrogen-bond donors (Lipinski definition) is 1. The molecule has 4 rings (SSSR count). The molecule has 1 N–H and O–H groups in total. The lowest BCUT2D eigenvalue weighted by Gasteiger charge is -2.25. The van der Waals surface area contributed by atoms with Crippen molar-refractivity contribution >= 4 is 22.6 Å². The van der Waals surface area contributed by atoms with Gasteiger partial charge in [0.1, 0.15) is 0 Å². The van der Waals surface area contributed by atoms with E-state index >= 15 is 0 Å². The number of nitrogens with one attached hydrogen (secondary N) is 1. The zero-order valence-electron chi connectivity index (χ0n) is 19.1. The average molecular weight is 467 g/mol. The first-order valence-electron chi connectivity index (χ1n) is 11.1. The number of aromatic amines is 1. The van der Waals surface area contributed by atoms with E-state index < -0.39 is 11.2 Å². The first kappa shape index (κ1) is 23.1. The molecular weight excluding hydrogens is 440 g/mol. The largest absolute Gasteiger partial charge is 0.373 e. The fraction of sp³-hybridized carbons (Fsp3) is 0.360. The van der Waals surface area contributed by atoms with Crippen LogP contribution in [0, 0.1) is 0 Å². The predicted octanol–water partition coefficient (Wildman–Crippen LogP) is 4.40. The molecule has 8 heteroatoms. The van der Waals surface area contributed by atoms with Crippen LogP contribution in [0.25, 0.3) is 22.6 Å². The van der Waals surface area contributed by atoms with Crippen LogP contribution in [-0.4, -0.2) is 31.7 Å². The SMILES string of the molecule is CC(C)OC(Cc1ccc(Cl)cc1)Cn1c2nc(=O)[nH]c(=O)c-2nc2cc(C(C)C)ccc21. The number of benzene rings is 2. The van der Waals surface area contributed by atoms with Crippen molar-refractivity contribution in [2.45, 2.75) is 58.8 Å². The lowest BCUT2D eigenvalue weighted by atomic mass is 10.0. The molecule has 7 nitrogen and oxygen atoms in total. The highest BCUT2D eigenvalue weighted by atomic mass is 35.5. The van der Waals surface area contributed by atoms with E-state index in [0.717, 1.165) is 16.6 Å². The van der Waals surface area contributed by atoms with Crippen LogP contribution in [0.3, 0.4) is 0 Å². The molecule has 0 fully saturated rings. The van der Waals surface area contributed by atoms with E-state index in [-0.39, 0.29) is 23.7 Å². The third-order valence-corrected chi connectivity index (χ3v) is 5.78. The van der Waals surface area contributed by atoms with Crippen LogP contribution in [-0.2, 0) is 17.7 Å². The summed E-state index contributed by atoms with van der Waals surface area (Å²) in [4.78, 5) is 35.6. The number of aromatic nitrogens is 4. The summed E-state index contributed by atoms with van der Waals surface area (Å²) < 4.78 is 8.12. The maximum Gasteiger partial charge on any atom is 0.349 e. The van der Waals surface area contributed by atoms with Gasteiger partial charge in [0.15, 0.2) is 11.5 Å². The van der Waals surface area contributed by atoms with Crippen molar-refractivity contribution in [1.82, 2.24) is 19.5 Å². The number of fused-ring (bicyclic) bond motifs is 2. The number of nitrogens with zero attached hydrogens (tertiary/aromatic N) is 3. The van der Waals surface area contributed by atoms with E-state index in [1.165, 1.54) is 0 Å². The minimum atomic E-state index is -0.694. The zero-order valence-corrected chi connectivity index (χ0v) is 19.9. The Balaban J connectivity index is 1.87. The van der Waals surface area contributed by atoms with Crippen LogP contribution in [0.5, 0.6) is 0 Å². The van der Waals surface area contributed by atoms with Gasteiger partial charge in [-0.15, -0.1) is 0 Å². The highest BCUT2D eigenvalue weighted by Gasteiger charge is 2.22. The van der Waals surface area contributed by atoms with Gasteiger partial charge in [-0.3, -0.25) is 9.78 Å². The molecule has 0 radical (unpaired) electrons. The van der Waals surface area contributed by atoms with Crippen LogP contribution in [0.1, 0.15) is 44.7 Å². The third kappa shape index (κ3) is 5.15. The third-order valence-electron chi connectivity index (χ3n) is 5.53. The topological polar surface area (TPSA) is 89.9 Å². The Hall–Kier alpha value is -3.03. The van der Waals surface area contributed by atoms with E-state index in [1.807, 2.05) is 60.9 Å². The molecule has 0 aliphatic carbocycles. The summed E-state index contributed by atoms with van der Waals surface area (Å²) in [6, 6.07) is 13.6. The molecule has 2 aliphatic heterocycles. The fourth-order valence-corrected chi connectivity index (χ4v) is 4.11. The zero-order chi connectivity index (χ0) is 23.7. The lowest BCUT2D eigenvalue weighted by molar-refractivity contribution is -0.000459. The lowest BCUT2D eigenvalue weighted by Crippen LogP contribution is -2.32. The predicted molar refractivity (Wildman–Crippen MR) is 130 cm³/mol. The van der Waals surface area contributed by atoms with E-state index in [2.05, 4.69) is 28.8 Å².